The maximum atomic E-state index is 12.3. The van der Waals surface area contributed by atoms with Crippen molar-refractivity contribution >= 4 is 9.84 Å². The fourth-order valence-electron chi connectivity index (χ4n) is 2.92. The van der Waals surface area contributed by atoms with Crippen molar-refractivity contribution in [1.29, 1.82) is 0 Å². The van der Waals surface area contributed by atoms with E-state index < -0.39 is 9.84 Å². The first-order valence-electron chi connectivity index (χ1n) is 11.4. The summed E-state index contributed by atoms with van der Waals surface area (Å²) >= 11 is 0. The lowest BCUT2D eigenvalue weighted by molar-refractivity contribution is 0.482. The molecule has 0 aliphatic carbocycles. The predicted octanol–water partition coefficient (Wildman–Crippen LogP) is 8.26. The van der Waals surface area contributed by atoms with Crippen LogP contribution in [0.5, 0.6) is 11.5 Å². The fraction of sp³-hybridized carbons (Fsp3) is 0.200. The Labute approximate surface area is 205 Å². The number of aryl methyl sites for hydroxylation is 4. The van der Waals surface area contributed by atoms with Gasteiger partial charge >= 0.3 is 0 Å². The fourth-order valence-corrected chi connectivity index (χ4v) is 4.18. The first-order chi connectivity index (χ1) is 16.2. The Morgan fingerprint density at radius 1 is 0.441 bits per heavy atom. The van der Waals surface area contributed by atoms with Crippen LogP contribution < -0.4 is 4.74 Å². The summed E-state index contributed by atoms with van der Waals surface area (Å²) in [5.41, 5.74) is 4.58. The molecule has 0 atom stereocenters. The minimum absolute atomic E-state index is 0.340. The van der Waals surface area contributed by atoms with Crippen LogP contribution >= 0.6 is 0 Å². The predicted molar refractivity (Wildman–Crippen MR) is 142 cm³/mol. The summed E-state index contributed by atoms with van der Waals surface area (Å²) in [5.74, 6) is 1.76. The van der Waals surface area contributed by atoms with Gasteiger partial charge in [0.15, 0.2) is 0 Å². The Kier molecular flexibility index (Phi) is 10.1. The molecule has 0 bridgehead atoms. The van der Waals surface area contributed by atoms with Gasteiger partial charge in [0, 0.05) is 0 Å². The average Bonchev–Trinajstić information content (AvgIpc) is 2.84. The highest BCUT2D eigenvalue weighted by Gasteiger charge is 2.16. The van der Waals surface area contributed by atoms with Crippen molar-refractivity contribution in [2.24, 2.45) is 0 Å². The highest BCUT2D eigenvalue weighted by Crippen LogP contribution is 2.22. The Morgan fingerprint density at radius 3 is 0.941 bits per heavy atom. The maximum Gasteiger partial charge on any atom is 0.206 e. The van der Waals surface area contributed by atoms with Gasteiger partial charge in [0.2, 0.25) is 9.84 Å². The van der Waals surface area contributed by atoms with Crippen LogP contribution in [0.2, 0.25) is 0 Å². The summed E-state index contributed by atoms with van der Waals surface area (Å²) in [4.78, 5) is 0.680. The van der Waals surface area contributed by atoms with Gasteiger partial charge in [0.1, 0.15) is 11.5 Å². The van der Waals surface area contributed by atoms with Gasteiger partial charge in [-0.1, -0.05) is 84.6 Å². The molecule has 0 N–H and O–H groups in total. The summed E-state index contributed by atoms with van der Waals surface area (Å²) in [5, 5.41) is 0. The SMILES string of the molecule is CC.Cc1ccc(Oc2ccc(C)cc2)cc1.Cc1ccc(S(=O)(=O)c2ccc(C)cc2)cc1. The zero-order chi connectivity index (χ0) is 25.1. The van der Waals surface area contributed by atoms with Gasteiger partial charge in [-0.15, -0.1) is 0 Å². The van der Waals surface area contributed by atoms with E-state index in [4.69, 9.17) is 4.74 Å². The van der Waals surface area contributed by atoms with Crippen molar-refractivity contribution in [3.05, 3.63) is 119 Å². The van der Waals surface area contributed by atoms with E-state index in [-0.39, 0.29) is 0 Å². The average molecular weight is 475 g/mol. The van der Waals surface area contributed by atoms with Crippen LogP contribution in [0.15, 0.2) is 107 Å². The Morgan fingerprint density at radius 2 is 0.676 bits per heavy atom. The Bertz CT molecular complexity index is 1140. The molecule has 0 saturated carbocycles. The van der Waals surface area contributed by atoms with E-state index in [9.17, 15) is 8.42 Å². The van der Waals surface area contributed by atoms with Crippen LogP contribution in [0.4, 0.5) is 0 Å². The zero-order valence-electron chi connectivity index (χ0n) is 20.9. The molecule has 178 valence electrons. The minimum Gasteiger partial charge on any atom is -0.457 e. The highest BCUT2D eigenvalue weighted by molar-refractivity contribution is 7.91. The van der Waals surface area contributed by atoms with Crippen molar-refractivity contribution in [3.8, 4) is 11.5 Å². The van der Waals surface area contributed by atoms with E-state index in [0.717, 1.165) is 22.6 Å². The van der Waals surface area contributed by atoms with E-state index in [0.29, 0.717) is 9.79 Å². The number of sulfone groups is 1. The molecule has 0 spiro atoms. The second kappa shape index (κ2) is 12.8. The largest absolute Gasteiger partial charge is 0.457 e. The molecule has 4 aromatic rings. The molecule has 0 unspecified atom stereocenters. The summed E-state index contributed by atoms with van der Waals surface area (Å²) in [6, 6.07) is 29.9. The van der Waals surface area contributed by atoms with Gasteiger partial charge in [0.05, 0.1) is 9.79 Å². The lowest BCUT2D eigenvalue weighted by Crippen LogP contribution is -2.01. The topological polar surface area (TPSA) is 43.4 Å². The maximum absolute atomic E-state index is 12.3. The lowest BCUT2D eigenvalue weighted by atomic mass is 10.2. The smallest absolute Gasteiger partial charge is 0.206 e. The Hall–Kier alpha value is -3.37. The zero-order valence-corrected chi connectivity index (χ0v) is 21.7. The van der Waals surface area contributed by atoms with Gasteiger partial charge in [-0.2, -0.15) is 0 Å². The molecule has 4 heteroatoms. The van der Waals surface area contributed by atoms with Crippen LogP contribution in [0.1, 0.15) is 36.1 Å². The standard InChI is InChI=1S/C14H14O2S.C14H14O.C2H6/c1-11-3-7-13(8-4-11)17(15,16)14-9-5-12(2)6-10-14;1-11-3-7-13(8-4-11)15-14-9-5-12(2)6-10-14;1-2/h3-10H,1-2H3;3-10H,1-2H3;1-2H3. The number of ether oxygens (including phenoxy) is 1. The summed E-state index contributed by atoms with van der Waals surface area (Å²) in [6.07, 6.45) is 0. The van der Waals surface area contributed by atoms with E-state index in [1.807, 2.05) is 76.2 Å². The van der Waals surface area contributed by atoms with Crippen LogP contribution in [0.3, 0.4) is 0 Å². The van der Waals surface area contributed by atoms with Crippen LogP contribution in [0.25, 0.3) is 0 Å². The van der Waals surface area contributed by atoms with Gasteiger partial charge in [0.25, 0.3) is 0 Å². The number of hydrogen-bond donors (Lipinski definition) is 0. The highest BCUT2D eigenvalue weighted by atomic mass is 32.2. The van der Waals surface area contributed by atoms with Crippen molar-refractivity contribution < 1.29 is 13.2 Å². The van der Waals surface area contributed by atoms with Crippen molar-refractivity contribution in [2.75, 3.05) is 0 Å². The first kappa shape index (κ1) is 26.9. The summed E-state index contributed by atoms with van der Waals surface area (Å²) in [6.45, 7) is 12.0. The quantitative estimate of drug-likeness (QED) is 0.299. The molecule has 0 aromatic heterocycles. The number of benzene rings is 4. The molecule has 4 rings (SSSR count). The molecular weight excluding hydrogens is 440 g/mol. The third kappa shape index (κ3) is 7.89. The third-order valence-electron chi connectivity index (χ3n) is 4.94. The molecule has 0 fully saturated rings. The molecule has 4 aromatic carbocycles. The van der Waals surface area contributed by atoms with Gasteiger partial charge in [-0.05, 0) is 76.2 Å². The van der Waals surface area contributed by atoms with Crippen LogP contribution in [-0.4, -0.2) is 8.42 Å². The van der Waals surface area contributed by atoms with Crippen LogP contribution in [0, 0.1) is 27.7 Å². The van der Waals surface area contributed by atoms with Crippen LogP contribution in [-0.2, 0) is 9.84 Å². The van der Waals surface area contributed by atoms with E-state index >= 15 is 0 Å². The van der Waals surface area contributed by atoms with Crippen molar-refractivity contribution in [1.82, 2.24) is 0 Å². The van der Waals surface area contributed by atoms with E-state index in [1.165, 1.54) is 11.1 Å². The molecule has 0 aliphatic rings. The lowest BCUT2D eigenvalue weighted by Gasteiger charge is -2.05. The van der Waals surface area contributed by atoms with E-state index in [1.54, 1.807) is 48.5 Å². The summed E-state index contributed by atoms with van der Waals surface area (Å²) in [7, 11) is -3.37. The Balaban J connectivity index is 0.000000225. The number of hydrogen-bond acceptors (Lipinski definition) is 3. The molecule has 0 aliphatic heterocycles. The molecule has 0 amide bonds. The normalized spacial score (nSPS) is 10.3. The van der Waals surface area contributed by atoms with Gasteiger partial charge in [-0.3, -0.25) is 0 Å². The third-order valence-corrected chi connectivity index (χ3v) is 6.73. The van der Waals surface area contributed by atoms with Crippen molar-refractivity contribution in [3.63, 3.8) is 0 Å². The molecule has 0 radical (unpaired) electrons. The second-order valence-electron chi connectivity index (χ2n) is 7.86. The molecule has 0 saturated heterocycles. The first-order valence-corrected chi connectivity index (χ1v) is 12.9. The number of rotatable bonds is 4. The molecule has 0 heterocycles. The summed E-state index contributed by atoms with van der Waals surface area (Å²) < 4.78 is 30.2. The molecular formula is C30H34O3S. The van der Waals surface area contributed by atoms with Gasteiger partial charge in [-0.25, -0.2) is 8.42 Å². The monoisotopic (exact) mass is 474 g/mol. The molecule has 34 heavy (non-hydrogen) atoms. The second-order valence-corrected chi connectivity index (χ2v) is 9.81. The molecule has 3 nitrogen and oxygen atoms in total. The van der Waals surface area contributed by atoms with Crippen molar-refractivity contribution in [2.45, 2.75) is 51.3 Å². The van der Waals surface area contributed by atoms with E-state index in [2.05, 4.69) is 13.8 Å². The minimum atomic E-state index is -3.37. The van der Waals surface area contributed by atoms with Gasteiger partial charge < -0.3 is 4.74 Å².